The van der Waals surface area contributed by atoms with Gasteiger partial charge in [-0.1, -0.05) is 270 Å². The summed E-state index contributed by atoms with van der Waals surface area (Å²) in [6, 6.07) is 0. The van der Waals surface area contributed by atoms with Crippen molar-refractivity contribution in [2.45, 2.75) is 284 Å². The normalized spacial score (nSPS) is 13.0. The van der Waals surface area contributed by atoms with Crippen molar-refractivity contribution < 1.29 is 28.6 Å². The Morgan fingerprint density at radius 1 is 0.273 bits per heavy atom. The second-order valence-electron chi connectivity index (χ2n) is 20.5. The average Bonchev–Trinajstić information content (AvgIpc) is 3.43. The van der Waals surface area contributed by atoms with Gasteiger partial charge in [-0.2, -0.15) is 0 Å². The number of unbranched alkanes of at least 4 members (excludes halogenated alkanes) is 23. The summed E-state index contributed by atoms with van der Waals surface area (Å²) in [6.07, 6.45) is 90.4. The molecule has 0 aliphatic carbocycles. The first-order chi connectivity index (χ1) is 38.0. The van der Waals surface area contributed by atoms with Gasteiger partial charge in [-0.25, -0.2) is 0 Å². The number of ether oxygens (including phenoxy) is 3. The second-order valence-corrected chi connectivity index (χ2v) is 20.5. The van der Waals surface area contributed by atoms with Crippen LogP contribution in [0, 0.1) is 0 Å². The maximum atomic E-state index is 12.9. The van der Waals surface area contributed by atoms with E-state index in [1.165, 1.54) is 109 Å². The van der Waals surface area contributed by atoms with Crippen molar-refractivity contribution in [3.8, 4) is 0 Å². The first kappa shape index (κ1) is 72.5. The summed E-state index contributed by atoms with van der Waals surface area (Å²) in [4.78, 5) is 38.3. The van der Waals surface area contributed by atoms with E-state index in [-0.39, 0.29) is 31.6 Å². The van der Waals surface area contributed by atoms with Crippen molar-refractivity contribution in [2.24, 2.45) is 0 Å². The molecule has 0 rings (SSSR count). The van der Waals surface area contributed by atoms with E-state index in [0.29, 0.717) is 19.3 Å². The molecule has 0 aromatic carbocycles. The molecule has 0 radical (unpaired) electrons. The Kier molecular flexibility index (Phi) is 60.4. The molecule has 0 bridgehead atoms. The summed E-state index contributed by atoms with van der Waals surface area (Å²) in [5.41, 5.74) is 0. The summed E-state index contributed by atoms with van der Waals surface area (Å²) in [7, 11) is 0. The highest BCUT2D eigenvalue weighted by Crippen LogP contribution is 2.15. The third-order valence-electron chi connectivity index (χ3n) is 13.1. The number of hydrogen-bond donors (Lipinski definition) is 0. The number of rotatable bonds is 56. The molecule has 0 aliphatic rings. The third kappa shape index (κ3) is 62.3. The van der Waals surface area contributed by atoms with Crippen LogP contribution >= 0.6 is 0 Å². The standard InChI is InChI=1S/C71H116O6/c1-4-7-10-13-16-19-22-25-28-30-32-33-34-35-36-37-39-40-43-46-49-52-55-58-61-64-70(73)76-67-68(66-75-69(72)63-60-57-54-51-48-45-42-27-24-21-18-15-12-9-6-3)77-71(74)65-62-59-56-53-50-47-44-41-38-31-29-26-23-20-17-14-11-8-5-2/h8-9,11-12,17-18,20-22,25-27,29-30,32,38,41-42,47,50,56,59,68H,4-7,10,13-16,19,23-24,28,31,33-37,39-40,43-46,48-49,51-55,57-58,60-67H2,1-3H3/b11-8-,12-9-,20-17-,21-18-,25-22-,29-26-,32-30-,41-38-,42-27-,50-47-,59-56-. The van der Waals surface area contributed by atoms with Crippen molar-refractivity contribution in [3.05, 3.63) is 134 Å². The van der Waals surface area contributed by atoms with E-state index in [0.717, 1.165) is 122 Å². The molecule has 0 aliphatic heterocycles. The Morgan fingerprint density at radius 3 is 0.844 bits per heavy atom. The van der Waals surface area contributed by atoms with Crippen LogP contribution < -0.4 is 0 Å². The van der Waals surface area contributed by atoms with Crippen LogP contribution in [-0.4, -0.2) is 37.2 Å². The van der Waals surface area contributed by atoms with Crippen LogP contribution in [0.15, 0.2) is 134 Å². The molecule has 1 atom stereocenters. The highest BCUT2D eigenvalue weighted by Gasteiger charge is 2.19. The SMILES string of the molecule is CC/C=C\C/C=C\C/C=C\C/C=C\C/C=C\C/C=C\CCC(=O)OC(COC(=O)CCCCCCC/C=C\C/C=C\C/C=C\CC)COC(=O)CCCCCCCCCCCCCCC/C=C\C/C=C\CCCCCCC. The average molecular weight is 1070 g/mol. The quantitative estimate of drug-likeness (QED) is 0.0261. The summed E-state index contributed by atoms with van der Waals surface area (Å²) >= 11 is 0. The molecule has 0 fully saturated rings. The molecule has 0 aromatic heterocycles. The number of allylic oxidation sites excluding steroid dienone is 22. The predicted molar refractivity (Wildman–Crippen MR) is 334 cm³/mol. The third-order valence-corrected chi connectivity index (χ3v) is 13.1. The highest BCUT2D eigenvalue weighted by atomic mass is 16.6. The maximum Gasteiger partial charge on any atom is 0.306 e. The van der Waals surface area contributed by atoms with Crippen LogP contribution in [0.5, 0.6) is 0 Å². The lowest BCUT2D eigenvalue weighted by atomic mass is 10.0. The molecule has 77 heavy (non-hydrogen) atoms. The molecule has 0 aromatic rings. The van der Waals surface area contributed by atoms with Gasteiger partial charge in [0.2, 0.25) is 0 Å². The molecule has 0 spiro atoms. The van der Waals surface area contributed by atoms with E-state index in [2.05, 4.69) is 148 Å². The van der Waals surface area contributed by atoms with Gasteiger partial charge in [0, 0.05) is 19.3 Å². The number of carbonyl (C=O) groups excluding carboxylic acids is 3. The van der Waals surface area contributed by atoms with Crippen LogP contribution in [0.2, 0.25) is 0 Å². The fourth-order valence-electron chi connectivity index (χ4n) is 8.45. The van der Waals surface area contributed by atoms with E-state index >= 15 is 0 Å². The van der Waals surface area contributed by atoms with Crippen LogP contribution in [0.4, 0.5) is 0 Å². The molecule has 0 heterocycles. The van der Waals surface area contributed by atoms with Gasteiger partial charge < -0.3 is 14.2 Å². The zero-order valence-electron chi connectivity index (χ0n) is 49.9. The van der Waals surface area contributed by atoms with E-state index in [9.17, 15) is 14.4 Å². The maximum absolute atomic E-state index is 12.9. The Bertz CT molecular complexity index is 1650. The van der Waals surface area contributed by atoms with Crippen LogP contribution in [-0.2, 0) is 28.6 Å². The van der Waals surface area contributed by atoms with Gasteiger partial charge in [-0.3, -0.25) is 14.4 Å². The Balaban J connectivity index is 4.45. The van der Waals surface area contributed by atoms with Gasteiger partial charge in [0.05, 0.1) is 0 Å². The van der Waals surface area contributed by atoms with E-state index in [1.807, 2.05) is 6.08 Å². The monoisotopic (exact) mass is 1060 g/mol. The van der Waals surface area contributed by atoms with Gasteiger partial charge in [0.25, 0.3) is 0 Å². The van der Waals surface area contributed by atoms with Crippen molar-refractivity contribution in [2.75, 3.05) is 13.2 Å². The lowest BCUT2D eigenvalue weighted by Gasteiger charge is -2.18. The molecule has 0 amide bonds. The van der Waals surface area contributed by atoms with Gasteiger partial charge in [-0.05, 0) is 122 Å². The number of esters is 3. The van der Waals surface area contributed by atoms with Gasteiger partial charge in [-0.15, -0.1) is 0 Å². The van der Waals surface area contributed by atoms with Gasteiger partial charge >= 0.3 is 17.9 Å². The molecule has 436 valence electrons. The van der Waals surface area contributed by atoms with E-state index in [1.54, 1.807) is 0 Å². The lowest BCUT2D eigenvalue weighted by molar-refractivity contribution is -0.166. The predicted octanol–water partition coefficient (Wildman–Crippen LogP) is 21.8. The van der Waals surface area contributed by atoms with Crippen molar-refractivity contribution >= 4 is 17.9 Å². The molecule has 0 saturated heterocycles. The number of hydrogen-bond acceptors (Lipinski definition) is 6. The summed E-state index contributed by atoms with van der Waals surface area (Å²) in [5, 5.41) is 0. The van der Waals surface area contributed by atoms with Crippen molar-refractivity contribution in [1.29, 1.82) is 0 Å². The molecule has 0 saturated carbocycles. The molecule has 1 unspecified atom stereocenters. The summed E-state index contributed by atoms with van der Waals surface area (Å²) in [6.45, 7) is 6.34. The van der Waals surface area contributed by atoms with Crippen molar-refractivity contribution in [3.63, 3.8) is 0 Å². The Hall–Kier alpha value is -4.45. The number of carbonyl (C=O) groups is 3. The van der Waals surface area contributed by atoms with Crippen LogP contribution in [0.25, 0.3) is 0 Å². The van der Waals surface area contributed by atoms with Crippen molar-refractivity contribution in [1.82, 2.24) is 0 Å². The first-order valence-electron chi connectivity index (χ1n) is 31.7. The minimum absolute atomic E-state index is 0.117. The molecular weight excluding hydrogens is 949 g/mol. The molecule has 6 nitrogen and oxygen atoms in total. The molecule has 6 heteroatoms. The smallest absolute Gasteiger partial charge is 0.306 e. The summed E-state index contributed by atoms with van der Waals surface area (Å²) in [5.74, 6) is -1.02. The van der Waals surface area contributed by atoms with Crippen LogP contribution in [0.1, 0.15) is 278 Å². The van der Waals surface area contributed by atoms with E-state index < -0.39 is 12.1 Å². The second kappa shape index (κ2) is 64.1. The van der Waals surface area contributed by atoms with Gasteiger partial charge in [0.1, 0.15) is 13.2 Å². The Labute approximate surface area is 475 Å². The minimum atomic E-state index is -0.832. The van der Waals surface area contributed by atoms with Crippen LogP contribution in [0.3, 0.4) is 0 Å². The summed E-state index contributed by atoms with van der Waals surface area (Å²) < 4.78 is 16.8. The van der Waals surface area contributed by atoms with Gasteiger partial charge in [0.15, 0.2) is 6.10 Å². The zero-order chi connectivity index (χ0) is 55.7. The largest absolute Gasteiger partial charge is 0.462 e. The fourth-order valence-corrected chi connectivity index (χ4v) is 8.45. The molecular formula is C71H116O6. The van der Waals surface area contributed by atoms with E-state index in [4.69, 9.17) is 14.2 Å². The first-order valence-corrected chi connectivity index (χ1v) is 31.7. The minimum Gasteiger partial charge on any atom is -0.462 e. The zero-order valence-corrected chi connectivity index (χ0v) is 49.9. The topological polar surface area (TPSA) is 78.9 Å². The fraction of sp³-hybridized carbons (Fsp3) is 0.648. The Morgan fingerprint density at radius 2 is 0.532 bits per heavy atom. The highest BCUT2D eigenvalue weighted by molar-refractivity contribution is 5.71. The lowest BCUT2D eigenvalue weighted by Crippen LogP contribution is -2.30. The molecule has 0 N–H and O–H groups in total.